The van der Waals surface area contributed by atoms with Crippen molar-refractivity contribution in [3.8, 4) is 0 Å². The summed E-state index contributed by atoms with van der Waals surface area (Å²) in [6.45, 7) is 1.51. The smallest absolute Gasteiger partial charge is 0.248 e. The average Bonchev–Trinajstić information content (AvgIpc) is 2.78. The largest absolute Gasteiger partial charge is 0.384 e. The molecule has 0 unspecified atom stereocenters. The van der Waals surface area contributed by atoms with E-state index in [1.165, 1.54) is 12.5 Å². The van der Waals surface area contributed by atoms with Gasteiger partial charge >= 0.3 is 0 Å². The molecule has 18 heavy (non-hydrogen) atoms. The third-order valence-corrected chi connectivity index (χ3v) is 3.71. The van der Waals surface area contributed by atoms with Crippen LogP contribution in [0.5, 0.6) is 0 Å². The minimum atomic E-state index is -0.932. The zero-order chi connectivity index (χ0) is 13.0. The first-order chi connectivity index (χ1) is 8.61. The molecule has 0 bridgehead atoms. The van der Waals surface area contributed by atoms with Crippen LogP contribution in [0, 0.1) is 0 Å². The Balaban J connectivity index is 2.10. The van der Waals surface area contributed by atoms with E-state index in [0.717, 1.165) is 32.1 Å². The maximum absolute atomic E-state index is 11.7. The molecule has 1 atom stereocenters. The second-order valence-electron chi connectivity index (χ2n) is 5.32. The Hall–Kier alpha value is -1.35. The zero-order valence-corrected chi connectivity index (χ0v) is 10.9. The molecule has 1 aliphatic rings. The molecule has 0 spiro atoms. The highest BCUT2D eigenvalue weighted by Crippen LogP contribution is 2.32. The summed E-state index contributed by atoms with van der Waals surface area (Å²) in [5.41, 5.74) is 1.08. The highest BCUT2D eigenvalue weighted by molar-refractivity contribution is 5.80. The number of hydrogen-bond acceptors (Lipinski definition) is 2. The number of rotatable bonds is 4. The first-order valence-corrected chi connectivity index (χ1v) is 6.65. The molecule has 1 aliphatic carbocycles. The molecule has 3 heteroatoms. The van der Waals surface area contributed by atoms with Gasteiger partial charge in [-0.1, -0.05) is 43.2 Å². The molecule has 98 valence electrons. The Morgan fingerprint density at radius 3 is 2.50 bits per heavy atom. The van der Waals surface area contributed by atoms with Crippen LogP contribution in [-0.4, -0.2) is 22.7 Å². The van der Waals surface area contributed by atoms with Gasteiger partial charge in [0.2, 0.25) is 5.91 Å². The molecule has 1 saturated carbocycles. The summed E-state index contributed by atoms with van der Waals surface area (Å²) in [6, 6.07) is 10.2. The van der Waals surface area contributed by atoms with Gasteiger partial charge in [-0.25, -0.2) is 0 Å². The molecule has 1 amide bonds. The first kappa shape index (κ1) is 13.1. The number of hydrogen-bond donors (Lipinski definition) is 2. The van der Waals surface area contributed by atoms with E-state index in [1.54, 1.807) is 0 Å². The van der Waals surface area contributed by atoms with Crippen molar-refractivity contribution >= 4 is 5.91 Å². The lowest BCUT2D eigenvalue weighted by atomic mass is 9.89. The normalized spacial score (nSPS) is 19.4. The second kappa shape index (κ2) is 5.53. The van der Waals surface area contributed by atoms with Gasteiger partial charge in [0, 0.05) is 5.54 Å². The monoisotopic (exact) mass is 247 g/mol. The number of aliphatic hydroxyl groups excluding tert-OH is 1. The van der Waals surface area contributed by atoms with Crippen LogP contribution in [0.15, 0.2) is 30.3 Å². The van der Waals surface area contributed by atoms with E-state index in [2.05, 4.69) is 17.4 Å². The highest BCUT2D eigenvalue weighted by atomic mass is 16.3. The highest BCUT2D eigenvalue weighted by Gasteiger charge is 2.35. The van der Waals surface area contributed by atoms with E-state index < -0.39 is 6.10 Å². The first-order valence-electron chi connectivity index (χ1n) is 6.65. The minimum Gasteiger partial charge on any atom is -0.384 e. The fourth-order valence-electron chi connectivity index (χ4n) is 2.75. The van der Waals surface area contributed by atoms with Crippen LogP contribution in [0.25, 0.3) is 0 Å². The van der Waals surface area contributed by atoms with Crippen molar-refractivity contribution in [1.82, 2.24) is 5.32 Å². The third-order valence-electron chi connectivity index (χ3n) is 3.71. The van der Waals surface area contributed by atoms with Gasteiger partial charge < -0.3 is 10.4 Å². The summed E-state index contributed by atoms with van der Waals surface area (Å²) in [7, 11) is 0. The molecule has 0 saturated heterocycles. The van der Waals surface area contributed by atoms with Crippen molar-refractivity contribution in [3.63, 3.8) is 0 Å². The maximum atomic E-state index is 11.7. The molecule has 2 N–H and O–H groups in total. The molecule has 0 heterocycles. The maximum Gasteiger partial charge on any atom is 0.248 e. The molecule has 3 nitrogen and oxygen atoms in total. The predicted molar refractivity (Wildman–Crippen MR) is 71.2 cm³/mol. The fraction of sp³-hybridized carbons (Fsp3) is 0.533. The summed E-state index contributed by atoms with van der Waals surface area (Å²) in [5, 5.41) is 12.4. The van der Waals surface area contributed by atoms with E-state index in [4.69, 9.17) is 0 Å². The number of amides is 1. The van der Waals surface area contributed by atoms with Crippen LogP contribution >= 0.6 is 0 Å². The zero-order valence-electron chi connectivity index (χ0n) is 10.9. The lowest BCUT2D eigenvalue weighted by molar-refractivity contribution is -0.130. The Morgan fingerprint density at radius 2 is 1.94 bits per heavy atom. The molecule has 2 rings (SSSR count). The van der Waals surface area contributed by atoms with E-state index in [1.807, 2.05) is 18.2 Å². The molecule has 1 aromatic rings. The number of carbonyl (C=O) groups is 1. The third kappa shape index (κ3) is 3.10. The Kier molecular flexibility index (Phi) is 4.02. The standard InChI is InChI=1S/C15H21NO2/c1-12(17)14(18)16-15(9-5-6-10-15)11-13-7-3-2-4-8-13/h2-4,7-8,12,17H,5-6,9-11H2,1H3,(H,16,18)/t12-/m1/s1. The van der Waals surface area contributed by atoms with Gasteiger partial charge in [0.25, 0.3) is 0 Å². The summed E-state index contributed by atoms with van der Waals surface area (Å²) >= 11 is 0. The van der Waals surface area contributed by atoms with Gasteiger partial charge in [0.1, 0.15) is 6.10 Å². The summed E-state index contributed by atoms with van der Waals surface area (Å²) in [6.07, 6.45) is 4.21. The van der Waals surface area contributed by atoms with E-state index >= 15 is 0 Å². The van der Waals surface area contributed by atoms with Gasteiger partial charge in [-0.05, 0) is 31.7 Å². The van der Waals surface area contributed by atoms with E-state index in [-0.39, 0.29) is 11.4 Å². The van der Waals surface area contributed by atoms with Crippen LogP contribution in [-0.2, 0) is 11.2 Å². The SMILES string of the molecule is C[C@@H](O)C(=O)NC1(Cc2ccccc2)CCCC1. The van der Waals surface area contributed by atoms with Gasteiger partial charge in [0.15, 0.2) is 0 Å². The van der Waals surface area contributed by atoms with Crippen molar-refractivity contribution in [2.45, 2.75) is 50.7 Å². The Morgan fingerprint density at radius 1 is 1.33 bits per heavy atom. The molecule has 0 aliphatic heterocycles. The minimum absolute atomic E-state index is 0.157. The molecule has 1 fully saturated rings. The summed E-state index contributed by atoms with van der Waals surface area (Å²) in [4.78, 5) is 11.7. The van der Waals surface area contributed by atoms with Crippen LogP contribution < -0.4 is 5.32 Å². The lowest BCUT2D eigenvalue weighted by Gasteiger charge is -2.31. The van der Waals surface area contributed by atoms with Crippen LogP contribution in [0.1, 0.15) is 38.2 Å². The number of benzene rings is 1. The molecular weight excluding hydrogens is 226 g/mol. The lowest BCUT2D eigenvalue weighted by Crippen LogP contribution is -2.51. The van der Waals surface area contributed by atoms with Crippen molar-refractivity contribution in [2.75, 3.05) is 0 Å². The molecular formula is C15H21NO2. The van der Waals surface area contributed by atoms with Crippen molar-refractivity contribution < 1.29 is 9.90 Å². The number of aliphatic hydroxyl groups is 1. The van der Waals surface area contributed by atoms with Gasteiger partial charge in [-0.3, -0.25) is 4.79 Å². The van der Waals surface area contributed by atoms with Gasteiger partial charge in [-0.15, -0.1) is 0 Å². The van der Waals surface area contributed by atoms with Crippen LogP contribution in [0.3, 0.4) is 0 Å². The summed E-state index contributed by atoms with van der Waals surface area (Å²) in [5.74, 6) is -0.257. The Labute approximate surface area is 108 Å². The van der Waals surface area contributed by atoms with Gasteiger partial charge in [0.05, 0.1) is 0 Å². The summed E-state index contributed by atoms with van der Waals surface area (Å²) < 4.78 is 0. The van der Waals surface area contributed by atoms with Crippen LogP contribution in [0.4, 0.5) is 0 Å². The second-order valence-corrected chi connectivity index (χ2v) is 5.32. The molecule has 0 aromatic heterocycles. The Bertz CT molecular complexity index is 394. The van der Waals surface area contributed by atoms with Crippen molar-refractivity contribution in [1.29, 1.82) is 0 Å². The predicted octanol–water partition coefficient (Wildman–Crippen LogP) is 2.04. The number of nitrogens with one attached hydrogen (secondary N) is 1. The van der Waals surface area contributed by atoms with E-state index in [0.29, 0.717) is 0 Å². The van der Waals surface area contributed by atoms with Crippen LogP contribution in [0.2, 0.25) is 0 Å². The van der Waals surface area contributed by atoms with Gasteiger partial charge in [-0.2, -0.15) is 0 Å². The number of carbonyl (C=O) groups excluding carboxylic acids is 1. The molecule has 1 aromatic carbocycles. The average molecular weight is 247 g/mol. The van der Waals surface area contributed by atoms with Crippen molar-refractivity contribution in [2.24, 2.45) is 0 Å². The quantitative estimate of drug-likeness (QED) is 0.855. The fourth-order valence-corrected chi connectivity index (χ4v) is 2.75. The topological polar surface area (TPSA) is 49.3 Å². The van der Waals surface area contributed by atoms with E-state index in [9.17, 15) is 9.90 Å². The molecule has 0 radical (unpaired) electrons. The van der Waals surface area contributed by atoms with Crippen molar-refractivity contribution in [3.05, 3.63) is 35.9 Å².